The van der Waals surface area contributed by atoms with E-state index in [0.717, 1.165) is 118 Å². The molecule has 2 aromatic heterocycles. The average molecular weight is 1030 g/mol. The van der Waals surface area contributed by atoms with Crippen LogP contribution in [0.4, 0.5) is 0 Å². The number of hydrogen-bond acceptors (Lipinski definition) is 9. The number of benzene rings is 6. The number of carbonyl (C=O) groups excluding carboxylic acids is 1. The van der Waals surface area contributed by atoms with Crippen molar-refractivity contribution < 1.29 is 38.4 Å². The van der Waals surface area contributed by atoms with E-state index >= 15 is 0 Å². The number of aliphatic carboxylic acids is 1. The Morgan fingerprint density at radius 3 is 1.32 bits per heavy atom. The molecule has 8 aromatic rings. The summed E-state index contributed by atoms with van der Waals surface area (Å²) in [5.74, 6) is 1.85. The Kier molecular flexibility index (Phi) is 20.5. The van der Waals surface area contributed by atoms with Crippen LogP contribution in [0.15, 0.2) is 158 Å². The van der Waals surface area contributed by atoms with Crippen molar-refractivity contribution in [1.29, 1.82) is 0 Å². The van der Waals surface area contributed by atoms with Gasteiger partial charge in [0.15, 0.2) is 0 Å². The van der Waals surface area contributed by atoms with Gasteiger partial charge in [-0.05, 0) is 128 Å². The molecule has 396 valence electrons. The maximum Gasteiger partial charge on any atom is 0.306 e. The number of carbonyl (C=O) groups is 2. The van der Waals surface area contributed by atoms with Gasteiger partial charge in [-0.25, -0.2) is 0 Å². The van der Waals surface area contributed by atoms with Crippen LogP contribution in [0, 0.1) is 13.8 Å². The number of unbranched alkanes of at least 4 members (excludes halogenated alkanes) is 2. The lowest BCUT2D eigenvalue weighted by atomic mass is 9.92. The number of carboxylic acid groups (broad SMARTS) is 1. The molecule has 0 saturated heterocycles. The summed E-state index contributed by atoms with van der Waals surface area (Å²) in [5.41, 5.74) is 12.8. The van der Waals surface area contributed by atoms with Gasteiger partial charge in [-0.1, -0.05) is 123 Å². The Morgan fingerprint density at radius 1 is 0.526 bits per heavy atom. The third-order valence-corrected chi connectivity index (χ3v) is 13.2. The van der Waals surface area contributed by atoms with Crippen molar-refractivity contribution in [2.24, 2.45) is 14.1 Å². The highest BCUT2D eigenvalue weighted by Gasteiger charge is 2.23. The van der Waals surface area contributed by atoms with Crippen molar-refractivity contribution in [2.75, 3.05) is 19.8 Å². The smallest absolute Gasteiger partial charge is 0.306 e. The van der Waals surface area contributed by atoms with Crippen molar-refractivity contribution >= 4 is 11.9 Å². The molecule has 76 heavy (non-hydrogen) atoms. The first-order valence-corrected chi connectivity index (χ1v) is 26.4. The zero-order chi connectivity index (χ0) is 53.8. The van der Waals surface area contributed by atoms with Crippen LogP contribution < -0.4 is 18.9 Å². The number of aromatic nitrogens is 4. The minimum Gasteiger partial charge on any atom is -0.493 e. The van der Waals surface area contributed by atoms with Crippen molar-refractivity contribution in [2.45, 2.75) is 98.2 Å². The van der Waals surface area contributed by atoms with E-state index in [1.165, 1.54) is 11.1 Å². The van der Waals surface area contributed by atoms with Gasteiger partial charge in [-0.3, -0.25) is 19.0 Å². The Bertz CT molecular complexity index is 3070. The normalized spacial score (nSPS) is 11.7. The van der Waals surface area contributed by atoms with Gasteiger partial charge in [0, 0.05) is 60.8 Å². The van der Waals surface area contributed by atoms with Crippen LogP contribution in [0.5, 0.6) is 23.0 Å². The molecule has 0 spiro atoms. The second kappa shape index (κ2) is 28.0. The molecule has 0 bridgehead atoms. The summed E-state index contributed by atoms with van der Waals surface area (Å²) in [5, 5.41) is 17.9. The molecule has 12 heteroatoms. The molecule has 2 unspecified atom stereocenters. The number of esters is 1. The summed E-state index contributed by atoms with van der Waals surface area (Å²) in [6.07, 6.45) is 7.98. The van der Waals surface area contributed by atoms with Gasteiger partial charge in [0.25, 0.3) is 0 Å². The first-order valence-electron chi connectivity index (χ1n) is 26.4. The van der Waals surface area contributed by atoms with Gasteiger partial charge < -0.3 is 28.8 Å². The zero-order valence-corrected chi connectivity index (χ0v) is 45.0. The summed E-state index contributed by atoms with van der Waals surface area (Å²) in [6, 6.07) is 48.8. The van der Waals surface area contributed by atoms with Crippen LogP contribution in [0.2, 0.25) is 0 Å². The highest BCUT2D eigenvalue weighted by molar-refractivity contribution is 5.73. The Labute approximate surface area is 448 Å². The molecule has 0 aliphatic heterocycles. The zero-order valence-electron chi connectivity index (χ0n) is 45.0. The predicted molar refractivity (Wildman–Crippen MR) is 299 cm³/mol. The minimum atomic E-state index is -0.847. The fourth-order valence-electron chi connectivity index (χ4n) is 8.93. The quantitative estimate of drug-likeness (QED) is 0.0435. The summed E-state index contributed by atoms with van der Waals surface area (Å²) < 4.78 is 32.9. The molecule has 0 fully saturated rings. The predicted octanol–water partition coefficient (Wildman–Crippen LogP) is 14.0. The van der Waals surface area contributed by atoms with Crippen LogP contribution >= 0.6 is 0 Å². The Balaban J connectivity index is 0.000000221. The fourth-order valence-corrected chi connectivity index (χ4v) is 8.93. The number of nitrogens with zero attached hydrogens (tertiary/aromatic N) is 4. The molecule has 0 amide bonds. The Hall–Kier alpha value is -8.12. The summed E-state index contributed by atoms with van der Waals surface area (Å²) >= 11 is 0. The van der Waals surface area contributed by atoms with Gasteiger partial charge in [-0.2, -0.15) is 10.2 Å². The molecule has 6 aromatic carbocycles. The first-order chi connectivity index (χ1) is 36.9. The number of rotatable bonds is 25. The second-order valence-corrected chi connectivity index (χ2v) is 19.0. The number of carboxylic acids is 1. The lowest BCUT2D eigenvalue weighted by molar-refractivity contribution is -0.143. The van der Waals surface area contributed by atoms with Gasteiger partial charge in [0.1, 0.15) is 36.2 Å². The van der Waals surface area contributed by atoms with E-state index in [1.54, 1.807) is 21.8 Å². The number of aryl methyl sites for hydroxylation is 4. The van der Waals surface area contributed by atoms with Crippen molar-refractivity contribution in [3.05, 3.63) is 203 Å². The summed E-state index contributed by atoms with van der Waals surface area (Å²) in [4.78, 5) is 23.7. The standard InChI is InChI=1S/C33H38N2O4.C31H34N2O4/c1-5-7-20-38-32-17-8-24(3)21-30(32)27-11-9-25(10-12-27)23-39-28-15-13-26(14-16-28)29(22-33(36)37-6-2)31-18-19-34-35(31)4;1-4-5-18-36-30-15-6-22(2)19-28(30)25-9-7-23(8-10-25)21-37-26-13-11-24(12-14-26)27(20-31(34)35)29-16-17-32-33(29)3/h8-19,21,29H,5-7,20,22-23H2,1-4H3;6-17,19,27H,4-5,18,20-21H2,1-3H3,(H,34,35). The SMILES string of the molecule is CCCCOc1ccc(C)cc1-c1ccc(COc2ccc(C(CC(=O)O)c3ccnn3C)cc2)cc1.CCCCOc1ccc(C)cc1-c1ccc(COc2ccc(C(CC(=O)OCC)c3ccnn3C)cc2)cc1. The van der Waals surface area contributed by atoms with Gasteiger partial charge in [-0.15, -0.1) is 0 Å². The van der Waals surface area contributed by atoms with E-state index in [4.69, 9.17) is 23.7 Å². The van der Waals surface area contributed by atoms with Crippen LogP contribution in [0.1, 0.15) is 116 Å². The maximum atomic E-state index is 12.3. The molecule has 8 rings (SSSR count). The van der Waals surface area contributed by atoms with Gasteiger partial charge >= 0.3 is 11.9 Å². The average Bonchev–Trinajstić information content (AvgIpc) is 4.07. The van der Waals surface area contributed by atoms with Crippen molar-refractivity contribution in [3.63, 3.8) is 0 Å². The lowest BCUT2D eigenvalue weighted by Crippen LogP contribution is -2.14. The van der Waals surface area contributed by atoms with Crippen molar-refractivity contribution in [1.82, 2.24) is 19.6 Å². The second-order valence-electron chi connectivity index (χ2n) is 19.0. The molecule has 12 nitrogen and oxygen atoms in total. The molecular formula is C64H72N4O8. The van der Waals surface area contributed by atoms with Gasteiger partial charge in [0.2, 0.25) is 0 Å². The highest BCUT2D eigenvalue weighted by atomic mass is 16.5. The molecular weight excluding hydrogens is 953 g/mol. The van der Waals surface area contributed by atoms with E-state index in [2.05, 4.69) is 123 Å². The van der Waals surface area contributed by atoms with E-state index in [-0.39, 0.29) is 30.6 Å². The monoisotopic (exact) mass is 1020 g/mol. The largest absolute Gasteiger partial charge is 0.493 e. The van der Waals surface area contributed by atoms with Crippen LogP contribution in [-0.2, 0) is 41.6 Å². The minimum absolute atomic E-state index is 0.00160. The first kappa shape index (κ1) is 55.6. The lowest BCUT2D eigenvalue weighted by Gasteiger charge is -2.18. The molecule has 0 saturated carbocycles. The van der Waals surface area contributed by atoms with E-state index in [9.17, 15) is 14.7 Å². The van der Waals surface area contributed by atoms with E-state index in [1.807, 2.05) is 81.7 Å². The topological polar surface area (TPSA) is 136 Å². The molecule has 0 aliphatic rings. The third kappa shape index (κ3) is 15.7. The van der Waals surface area contributed by atoms with E-state index < -0.39 is 5.97 Å². The van der Waals surface area contributed by atoms with Crippen LogP contribution in [0.3, 0.4) is 0 Å². The molecule has 2 heterocycles. The molecule has 1 N–H and O–H groups in total. The molecule has 2 atom stereocenters. The summed E-state index contributed by atoms with van der Waals surface area (Å²) in [7, 11) is 3.71. The summed E-state index contributed by atoms with van der Waals surface area (Å²) in [6.45, 7) is 13.0. The maximum absolute atomic E-state index is 12.3. The molecule has 0 aliphatic carbocycles. The third-order valence-electron chi connectivity index (χ3n) is 13.2. The van der Waals surface area contributed by atoms with E-state index in [0.29, 0.717) is 19.8 Å². The van der Waals surface area contributed by atoms with Crippen LogP contribution in [-0.4, -0.2) is 56.4 Å². The van der Waals surface area contributed by atoms with Crippen molar-refractivity contribution in [3.8, 4) is 45.3 Å². The fraction of sp³-hybridized carbons (Fsp3) is 0.312. The molecule has 0 radical (unpaired) electrons. The number of ether oxygens (including phenoxy) is 5. The van der Waals surface area contributed by atoms with Gasteiger partial charge in [0.05, 0.1) is 32.7 Å². The number of hydrogen-bond donors (Lipinski definition) is 1. The highest BCUT2D eigenvalue weighted by Crippen LogP contribution is 2.35. The Morgan fingerprint density at radius 2 is 0.947 bits per heavy atom. The van der Waals surface area contributed by atoms with Crippen LogP contribution in [0.25, 0.3) is 22.3 Å².